The van der Waals surface area contributed by atoms with Crippen molar-refractivity contribution >= 4 is 29.9 Å². The van der Waals surface area contributed by atoms with Gasteiger partial charge < -0.3 is 15.5 Å². The van der Waals surface area contributed by atoms with Crippen molar-refractivity contribution in [3.8, 4) is 0 Å². The number of rotatable bonds is 3. The van der Waals surface area contributed by atoms with Crippen LogP contribution in [0.15, 0.2) is 4.99 Å². The van der Waals surface area contributed by atoms with Crippen LogP contribution in [0.3, 0.4) is 0 Å². The van der Waals surface area contributed by atoms with Crippen molar-refractivity contribution in [2.75, 3.05) is 27.7 Å². The zero-order valence-electron chi connectivity index (χ0n) is 14.9. The fourth-order valence-corrected chi connectivity index (χ4v) is 3.14. The summed E-state index contributed by atoms with van der Waals surface area (Å²) < 4.78 is 0. The molecule has 1 aliphatic carbocycles. The van der Waals surface area contributed by atoms with Gasteiger partial charge in [-0.3, -0.25) is 4.99 Å². The summed E-state index contributed by atoms with van der Waals surface area (Å²) in [7, 11) is 6.26. The van der Waals surface area contributed by atoms with Crippen molar-refractivity contribution < 1.29 is 0 Å². The summed E-state index contributed by atoms with van der Waals surface area (Å²) in [5.41, 5.74) is 0.292. The Balaban J connectivity index is 0.00000400. The number of likely N-dealkylation sites (N-methyl/N-ethyl adjacent to an activating group) is 1. The van der Waals surface area contributed by atoms with Crippen LogP contribution in [0, 0.1) is 5.92 Å². The highest BCUT2D eigenvalue weighted by molar-refractivity contribution is 14.0. The van der Waals surface area contributed by atoms with E-state index in [2.05, 4.69) is 62.3 Å². The molecule has 0 saturated heterocycles. The predicted octanol–water partition coefficient (Wildman–Crippen LogP) is 3.08. The largest absolute Gasteiger partial charge is 0.355 e. The molecule has 2 N–H and O–H groups in total. The predicted molar refractivity (Wildman–Crippen MR) is 104 cm³/mol. The lowest BCUT2D eigenvalue weighted by Gasteiger charge is -2.45. The number of hydrogen-bond donors (Lipinski definition) is 2. The van der Waals surface area contributed by atoms with Crippen molar-refractivity contribution in [2.45, 2.75) is 64.5 Å². The Morgan fingerprint density at radius 3 is 2.38 bits per heavy atom. The van der Waals surface area contributed by atoms with Crippen LogP contribution in [0.25, 0.3) is 0 Å². The molecule has 126 valence electrons. The van der Waals surface area contributed by atoms with Gasteiger partial charge in [-0.1, -0.05) is 19.8 Å². The van der Waals surface area contributed by atoms with E-state index in [9.17, 15) is 0 Å². The fourth-order valence-electron chi connectivity index (χ4n) is 3.14. The van der Waals surface area contributed by atoms with Crippen LogP contribution in [0.5, 0.6) is 0 Å². The first kappa shape index (κ1) is 21.0. The fraction of sp³-hybridized carbons (Fsp3) is 0.938. The molecule has 21 heavy (non-hydrogen) atoms. The van der Waals surface area contributed by atoms with Crippen molar-refractivity contribution in [3.63, 3.8) is 0 Å². The monoisotopic (exact) mass is 410 g/mol. The highest BCUT2D eigenvalue weighted by atomic mass is 127. The van der Waals surface area contributed by atoms with E-state index in [1.807, 2.05) is 7.05 Å². The Bertz CT molecular complexity index is 336. The van der Waals surface area contributed by atoms with Crippen LogP contribution < -0.4 is 10.6 Å². The van der Waals surface area contributed by atoms with Crippen LogP contribution in [0.2, 0.25) is 0 Å². The van der Waals surface area contributed by atoms with Gasteiger partial charge in [-0.25, -0.2) is 0 Å². The third-order valence-corrected chi connectivity index (χ3v) is 4.32. The van der Waals surface area contributed by atoms with Crippen LogP contribution in [0.4, 0.5) is 0 Å². The number of nitrogens with one attached hydrogen (secondary N) is 2. The minimum absolute atomic E-state index is 0. The maximum absolute atomic E-state index is 4.34. The molecular formula is C16H35IN4. The lowest BCUT2D eigenvalue weighted by molar-refractivity contribution is 0.0794. The molecule has 0 radical (unpaired) electrons. The average Bonchev–Trinajstić information content (AvgIpc) is 2.33. The van der Waals surface area contributed by atoms with Gasteiger partial charge in [0.1, 0.15) is 0 Å². The quantitative estimate of drug-likeness (QED) is 0.427. The van der Waals surface area contributed by atoms with E-state index in [0.29, 0.717) is 0 Å². The zero-order valence-corrected chi connectivity index (χ0v) is 17.2. The summed E-state index contributed by atoms with van der Waals surface area (Å²) in [6, 6.07) is 0. The van der Waals surface area contributed by atoms with Crippen LogP contribution in [-0.2, 0) is 0 Å². The highest BCUT2D eigenvalue weighted by Crippen LogP contribution is 2.35. The number of nitrogens with zero attached hydrogens (tertiary/aromatic N) is 2. The van der Waals surface area contributed by atoms with Crippen molar-refractivity contribution in [2.24, 2.45) is 10.9 Å². The summed E-state index contributed by atoms with van der Waals surface area (Å²) in [4.78, 5) is 6.75. The molecule has 1 rings (SSSR count). The molecule has 1 saturated carbocycles. The third kappa shape index (κ3) is 6.72. The Morgan fingerprint density at radius 2 is 1.95 bits per heavy atom. The molecule has 0 aromatic heterocycles. The standard InChI is InChI=1S/C16H34N4.HI/c1-13-9-8-10-16(11-13,20(6)7)12-18-14(17-5)19-15(2,3)4;/h13H,8-12H2,1-7H3,(H2,17,18,19);1H. The smallest absolute Gasteiger partial charge is 0.191 e. The second-order valence-corrected chi connectivity index (χ2v) is 7.62. The molecule has 2 unspecified atom stereocenters. The summed E-state index contributed by atoms with van der Waals surface area (Å²) in [6.45, 7) is 9.80. The zero-order chi connectivity index (χ0) is 15.4. The van der Waals surface area contributed by atoms with Gasteiger partial charge in [-0.2, -0.15) is 0 Å². The van der Waals surface area contributed by atoms with Crippen LogP contribution in [0.1, 0.15) is 53.4 Å². The Labute approximate surface area is 148 Å². The van der Waals surface area contributed by atoms with Crippen molar-refractivity contribution in [3.05, 3.63) is 0 Å². The second kappa shape index (κ2) is 8.56. The molecule has 0 spiro atoms. The van der Waals surface area contributed by atoms with E-state index in [1.54, 1.807) is 0 Å². The van der Waals surface area contributed by atoms with Crippen LogP contribution in [-0.4, -0.2) is 49.6 Å². The van der Waals surface area contributed by atoms with E-state index in [1.165, 1.54) is 25.7 Å². The SMILES string of the molecule is CN=C(NCC1(N(C)C)CCCC(C)C1)NC(C)(C)C.I. The molecule has 5 heteroatoms. The Morgan fingerprint density at radius 1 is 1.33 bits per heavy atom. The minimum Gasteiger partial charge on any atom is -0.355 e. The first-order chi connectivity index (χ1) is 9.18. The molecule has 2 atom stereocenters. The number of guanidine groups is 1. The molecule has 1 aliphatic rings. The van der Waals surface area contributed by atoms with E-state index >= 15 is 0 Å². The Hall–Kier alpha value is -0.0400. The lowest BCUT2D eigenvalue weighted by atomic mass is 9.75. The van der Waals surface area contributed by atoms with Gasteiger partial charge in [0, 0.05) is 24.7 Å². The first-order valence-electron chi connectivity index (χ1n) is 7.85. The normalized spacial score (nSPS) is 27.2. The summed E-state index contributed by atoms with van der Waals surface area (Å²) in [6.07, 6.45) is 5.22. The maximum atomic E-state index is 4.34. The van der Waals surface area contributed by atoms with E-state index < -0.39 is 0 Å². The van der Waals surface area contributed by atoms with Gasteiger partial charge in [-0.15, -0.1) is 24.0 Å². The van der Waals surface area contributed by atoms with Gasteiger partial charge >= 0.3 is 0 Å². The molecular weight excluding hydrogens is 375 g/mol. The van der Waals surface area contributed by atoms with E-state index in [-0.39, 0.29) is 35.1 Å². The first-order valence-corrected chi connectivity index (χ1v) is 7.85. The van der Waals surface area contributed by atoms with Crippen molar-refractivity contribution in [1.82, 2.24) is 15.5 Å². The van der Waals surface area contributed by atoms with Gasteiger partial charge in [-0.05, 0) is 53.6 Å². The van der Waals surface area contributed by atoms with Gasteiger partial charge in [0.05, 0.1) is 0 Å². The molecule has 0 aromatic rings. The molecule has 0 heterocycles. The summed E-state index contributed by atoms with van der Waals surface area (Å²) in [5, 5.41) is 6.97. The molecule has 0 bridgehead atoms. The third-order valence-electron chi connectivity index (χ3n) is 4.32. The van der Waals surface area contributed by atoms with Gasteiger partial charge in [0.2, 0.25) is 0 Å². The molecule has 0 amide bonds. The summed E-state index contributed by atoms with van der Waals surface area (Å²) >= 11 is 0. The maximum Gasteiger partial charge on any atom is 0.191 e. The van der Waals surface area contributed by atoms with Gasteiger partial charge in [0.25, 0.3) is 0 Å². The molecule has 0 aromatic carbocycles. The summed E-state index contributed by atoms with van der Waals surface area (Å²) in [5.74, 6) is 1.71. The lowest BCUT2D eigenvalue weighted by Crippen LogP contribution is -2.58. The minimum atomic E-state index is 0. The number of hydrogen-bond acceptors (Lipinski definition) is 2. The molecule has 0 aliphatic heterocycles. The second-order valence-electron chi connectivity index (χ2n) is 7.62. The van der Waals surface area contributed by atoms with Crippen LogP contribution >= 0.6 is 24.0 Å². The average molecular weight is 410 g/mol. The Kier molecular flexibility index (Phi) is 8.54. The molecule has 1 fully saturated rings. The molecule has 4 nitrogen and oxygen atoms in total. The van der Waals surface area contributed by atoms with E-state index in [4.69, 9.17) is 0 Å². The topological polar surface area (TPSA) is 39.7 Å². The highest BCUT2D eigenvalue weighted by Gasteiger charge is 2.37. The number of aliphatic imine (C=N–C) groups is 1. The van der Waals surface area contributed by atoms with Crippen molar-refractivity contribution in [1.29, 1.82) is 0 Å². The van der Waals surface area contributed by atoms with E-state index in [0.717, 1.165) is 18.4 Å². The number of halogens is 1. The van der Waals surface area contributed by atoms with Gasteiger partial charge in [0.15, 0.2) is 5.96 Å².